The molecule has 2 heterocycles. The molecule has 5 heteroatoms. The number of fused-ring (bicyclic) bond motifs is 1. The SMILES string of the molecule is CCn1nc(C)c2[nH]c(=S)n(CC3(C4CC4)CC3)c21. The molecule has 0 spiro atoms. The van der Waals surface area contributed by atoms with E-state index in [0.717, 1.165) is 35.0 Å². The summed E-state index contributed by atoms with van der Waals surface area (Å²) in [5.74, 6) is 0.957. The van der Waals surface area contributed by atoms with Crippen LogP contribution < -0.4 is 0 Å². The number of imidazole rings is 1. The first kappa shape index (κ1) is 11.7. The van der Waals surface area contributed by atoms with Gasteiger partial charge in [-0.1, -0.05) is 0 Å². The monoisotopic (exact) mass is 276 g/mol. The van der Waals surface area contributed by atoms with E-state index in [4.69, 9.17) is 12.2 Å². The molecule has 0 aliphatic heterocycles. The van der Waals surface area contributed by atoms with Crippen molar-refractivity contribution >= 4 is 23.4 Å². The van der Waals surface area contributed by atoms with Crippen molar-refractivity contribution < 1.29 is 0 Å². The fourth-order valence-corrected chi connectivity index (χ4v) is 3.75. The molecule has 1 N–H and O–H groups in total. The van der Waals surface area contributed by atoms with E-state index in [9.17, 15) is 0 Å². The van der Waals surface area contributed by atoms with Crippen molar-refractivity contribution in [2.24, 2.45) is 11.3 Å². The van der Waals surface area contributed by atoms with Crippen LogP contribution in [0.3, 0.4) is 0 Å². The molecule has 2 aliphatic carbocycles. The third-order valence-electron chi connectivity index (χ3n) is 4.94. The average Bonchev–Trinajstić information content (AvgIpc) is 3.27. The quantitative estimate of drug-likeness (QED) is 0.869. The number of rotatable bonds is 4. The largest absolute Gasteiger partial charge is 0.328 e. The van der Waals surface area contributed by atoms with Crippen molar-refractivity contribution in [3.63, 3.8) is 0 Å². The minimum atomic E-state index is 0.560. The molecule has 4 nitrogen and oxygen atoms in total. The van der Waals surface area contributed by atoms with E-state index < -0.39 is 0 Å². The first-order valence-electron chi connectivity index (χ1n) is 7.30. The molecule has 0 aromatic carbocycles. The van der Waals surface area contributed by atoms with Gasteiger partial charge in [0.05, 0.1) is 5.69 Å². The number of hydrogen-bond acceptors (Lipinski definition) is 2. The number of nitrogens with zero attached hydrogens (tertiary/aromatic N) is 3. The Balaban J connectivity index is 1.84. The van der Waals surface area contributed by atoms with E-state index in [0.29, 0.717) is 5.41 Å². The summed E-state index contributed by atoms with van der Waals surface area (Å²) in [5.41, 5.74) is 3.93. The number of hydrogen-bond donors (Lipinski definition) is 1. The Kier molecular flexibility index (Phi) is 2.29. The van der Waals surface area contributed by atoms with Gasteiger partial charge in [-0.2, -0.15) is 5.10 Å². The van der Waals surface area contributed by atoms with Gasteiger partial charge in [-0.25, -0.2) is 4.68 Å². The van der Waals surface area contributed by atoms with Crippen LogP contribution in [0.2, 0.25) is 0 Å². The summed E-state index contributed by atoms with van der Waals surface area (Å²) in [4.78, 5) is 3.35. The average molecular weight is 276 g/mol. The lowest BCUT2D eigenvalue weighted by molar-refractivity contribution is 0.369. The molecule has 4 rings (SSSR count). The van der Waals surface area contributed by atoms with Gasteiger partial charge in [0.15, 0.2) is 10.4 Å². The Bertz CT molecular complexity index is 697. The maximum Gasteiger partial charge on any atom is 0.179 e. The van der Waals surface area contributed by atoms with Gasteiger partial charge in [0.2, 0.25) is 0 Å². The lowest BCUT2D eigenvalue weighted by Crippen LogP contribution is -2.15. The Hall–Kier alpha value is -1.10. The highest BCUT2D eigenvalue weighted by atomic mass is 32.1. The van der Waals surface area contributed by atoms with Gasteiger partial charge in [-0.15, -0.1) is 0 Å². The molecule has 2 saturated carbocycles. The summed E-state index contributed by atoms with van der Waals surface area (Å²) in [6, 6.07) is 0. The van der Waals surface area contributed by atoms with Crippen LogP contribution in [0.4, 0.5) is 0 Å². The molecule has 19 heavy (non-hydrogen) atoms. The van der Waals surface area contributed by atoms with Crippen molar-refractivity contribution in [3.05, 3.63) is 10.5 Å². The lowest BCUT2D eigenvalue weighted by atomic mass is 10.0. The van der Waals surface area contributed by atoms with E-state index in [1.165, 1.54) is 31.3 Å². The van der Waals surface area contributed by atoms with Crippen LogP contribution in [0.15, 0.2) is 0 Å². The lowest BCUT2D eigenvalue weighted by Gasteiger charge is -2.15. The molecule has 2 aromatic heterocycles. The molecule has 2 aromatic rings. The first-order valence-corrected chi connectivity index (χ1v) is 7.71. The molecule has 2 fully saturated rings. The maximum absolute atomic E-state index is 5.54. The third-order valence-corrected chi connectivity index (χ3v) is 5.26. The third kappa shape index (κ3) is 1.64. The van der Waals surface area contributed by atoms with Gasteiger partial charge < -0.3 is 9.55 Å². The van der Waals surface area contributed by atoms with Crippen LogP contribution in [0.1, 0.15) is 38.3 Å². The minimum Gasteiger partial charge on any atom is -0.328 e. The first-order chi connectivity index (χ1) is 9.14. The summed E-state index contributed by atoms with van der Waals surface area (Å²) in [6.45, 7) is 6.17. The topological polar surface area (TPSA) is 38.5 Å². The second-order valence-electron chi connectivity index (χ2n) is 6.25. The zero-order valence-corrected chi connectivity index (χ0v) is 12.4. The highest BCUT2D eigenvalue weighted by Gasteiger charge is 2.54. The van der Waals surface area contributed by atoms with E-state index in [1.54, 1.807) is 0 Å². The van der Waals surface area contributed by atoms with E-state index in [2.05, 4.69) is 33.2 Å². The second-order valence-corrected chi connectivity index (χ2v) is 6.64. The summed E-state index contributed by atoms with van der Waals surface area (Å²) < 4.78 is 5.25. The van der Waals surface area contributed by atoms with Crippen molar-refractivity contribution in [3.8, 4) is 0 Å². The van der Waals surface area contributed by atoms with E-state index >= 15 is 0 Å². The van der Waals surface area contributed by atoms with Crippen LogP contribution in [0.5, 0.6) is 0 Å². The molecule has 0 unspecified atom stereocenters. The number of H-pyrrole nitrogens is 1. The van der Waals surface area contributed by atoms with Crippen molar-refractivity contribution in [1.82, 2.24) is 19.3 Å². The van der Waals surface area contributed by atoms with Gasteiger partial charge in [-0.05, 0) is 63.1 Å². The Morgan fingerprint density at radius 2 is 2.16 bits per heavy atom. The highest BCUT2D eigenvalue weighted by Crippen LogP contribution is 2.62. The number of aromatic amines is 1. The number of aromatic nitrogens is 4. The maximum atomic E-state index is 5.54. The summed E-state index contributed by atoms with van der Waals surface area (Å²) in [7, 11) is 0. The summed E-state index contributed by atoms with van der Waals surface area (Å²) in [5, 5.41) is 4.60. The van der Waals surface area contributed by atoms with Gasteiger partial charge in [0.1, 0.15) is 5.52 Å². The molecule has 0 radical (unpaired) electrons. The van der Waals surface area contributed by atoms with E-state index in [-0.39, 0.29) is 0 Å². The van der Waals surface area contributed by atoms with Crippen LogP contribution in [0.25, 0.3) is 11.2 Å². The standard InChI is InChI=1S/C14H20N4S/c1-3-18-12-11(9(2)16-18)15-13(19)17(12)8-14(6-7-14)10-4-5-10/h10H,3-8H2,1-2H3,(H,15,19). The molecule has 0 saturated heterocycles. The summed E-state index contributed by atoms with van der Waals surface area (Å²) in [6.07, 6.45) is 5.61. The van der Waals surface area contributed by atoms with Gasteiger partial charge in [-0.3, -0.25) is 0 Å². The minimum absolute atomic E-state index is 0.560. The van der Waals surface area contributed by atoms with Gasteiger partial charge >= 0.3 is 0 Å². The normalized spacial score (nSPS) is 21.2. The van der Waals surface area contributed by atoms with E-state index in [1.807, 2.05) is 0 Å². The molecular formula is C14H20N4S. The summed E-state index contributed by atoms with van der Waals surface area (Å²) >= 11 is 5.54. The van der Waals surface area contributed by atoms with Crippen molar-refractivity contribution in [2.75, 3.05) is 0 Å². The Morgan fingerprint density at radius 1 is 1.42 bits per heavy atom. The van der Waals surface area contributed by atoms with Crippen LogP contribution >= 0.6 is 12.2 Å². The Labute approximate surface area is 117 Å². The van der Waals surface area contributed by atoms with Crippen LogP contribution in [0, 0.1) is 23.0 Å². The second kappa shape index (κ2) is 3.72. The smallest absolute Gasteiger partial charge is 0.179 e. The number of aryl methyl sites for hydroxylation is 2. The van der Waals surface area contributed by atoms with Crippen molar-refractivity contribution in [2.45, 2.75) is 52.6 Å². The van der Waals surface area contributed by atoms with Gasteiger partial charge in [0.25, 0.3) is 0 Å². The molecule has 0 amide bonds. The molecule has 0 bridgehead atoms. The fourth-order valence-electron chi connectivity index (χ4n) is 3.49. The van der Waals surface area contributed by atoms with Crippen LogP contribution in [-0.2, 0) is 13.1 Å². The molecule has 102 valence electrons. The number of nitrogens with one attached hydrogen (secondary N) is 1. The Morgan fingerprint density at radius 3 is 2.74 bits per heavy atom. The van der Waals surface area contributed by atoms with Crippen LogP contribution in [-0.4, -0.2) is 19.3 Å². The zero-order valence-electron chi connectivity index (χ0n) is 11.6. The fraction of sp³-hybridized carbons (Fsp3) is 0.714. The predicted molar refractivity (Wildman–Crippen MR) is 77.7 cm³/mol. The molecular weight excluding hydrogens is 256 g/mol. The van der Waals surface area contributed by atoms with Crippen molar-refractivity contribution in [1.29, 1.82) is 0 Å². The highest BCUT2D eigenvalue weighted by molar-refractivity contribution is 7.71. The predicted octanol–water partition coefficient (Wildman–Crippen LogP) is 3.41. The van der Waals surface area contributed by atoms with Gasteiger partial charge in [0, 0.05) is 13.1 Å². The molecule has 2 aliphatic rings. The zero-order chi connectivity index (χ0) is 13.2. The molecule has 0 atom stereocenters.